The van der Waals surface area contributed by atoms with E-state index >= 15 is 0 Å². The van der Waals surface area contributed by atoms with Crippen LogP contribution in [0.4, 0.5) is 0 Å². The van der Waals surface area contributed by atoms with E-state index in [-0.39, 0.29) is 0 Å². The van der Waals surface area contributed by atoms with Crippen LogP contribution in [0.3, 0.4) is 0 Å². The Morgan fingerprint density at radius 1 is 0.480 bits per heavy atom. The van der Waals surface area contributed by atoms with Gasteiger partial charge in [-0.25, -0.2) is 0 Å². The quantitative estimate of drug-likeness (QED) is 0.132. The highest BCUT2D eigenvalue weighted by Gasteiger charge is 2.16. The monoisotopic (exact) mass is 370 g/mol. The second-order valence-electron chi connectivity index (χ2n) is 8.69. The first-order chi connectivity index (χ1) is 12.2. The molecule has 0 bridgehead atoms. The second kappa shape index (κ2) is 19.0. The Morgan fingerprint density at radius 2 is 0.840 bits per heavy atom. The van der Waals surface area contributed by atoms with Gasteiger partial charge in [-0.1, -0.05) is 104 Å². The summed E-state index contributed by atoms with van der Waals surface area (Å²) in [7, 11) is 3.83. The molecule has 0 aromatic heterocycles. The maximum Gasteiger partial charge on any atom is 0.0781 e. The van der Waals surface area contributed by atoms with Gasteiger partial charge in [-0.15, -0.1) is 0 Å². The smallest absolute Gasteiger partial charge is 0.0781 e. The molecule has 1 atom stereocenters. The fraction of sp³-hybridized carbons (Fsp3) is 1.00. The van der Waals surface area contributed by atoms with Crippen LogP contribution in [0.2, 0.25) is 0 Å². The molecule has 0 aliphatic rings. The van der Waals surface area contributed by atoms with E-state index in [1.807, 2.05) is 0 Å². The molecule has 0 heterocycles. The number of quaternary nitrogens is 1. The van der Waals surface area contributed by atoms with E-state index in [0.29, 0.717) is 0 Å². The summed E-state index contributed by atoms with van der Waals surface area (Å²) in [5.74, 6) is 0. The first-order valence-electron chi connectivity index (χ1n) is 12.0. The van der Waals surface area contributed by atoms with Gasteiger partial charge in [0.15, 0.2) is 0 Å². The molecule has 2 heteroatoms. The minimum absolute atomic E-state index is 1.34. The molecule has 0 saturated heterocycles. The number of hydrogen-bond donors (Lipinski definition) is 0. The summed E-state index contributed by atoms with van der Waals surface area (Å²) < 4.78 is 1.35. The van der Waals surface area contributed by atoms with Crippen molar-refractivity contribution in [3.63, 3.8) is 0 Å². The predicted octanol–water partition coefficient (Wildman–Crippen LogP) is 6.43. The summed E-state index contributed by atoms with van der Waals surface area (Å²) in [6, 6.07) is 0. The second-order valence-corrected chi connectivity index (χ2v) is 9.32. The maximum atomic E-state index is 2.47. The minimum Gasteiger partial charge on any atom is -0.330 e. The fourth-order valence-electron chi connectivity index (χ4n) is 4.01. The molecular formula is C23H52NSi+. The van der Waals surface area contributed by atoms with Crippen molar-refractivity contribution in [2.24, 2.45) is 0 Å². The zero-order valence-electron chi connectivity index (χ0n) is 18.6. The average Bonchev–Trinajstić information content (AvgIpc) is 2.61. The molecule has 0 radical (unpaired) electrons. The summed E-state index contributed by atoms with van der Waals surface area (Å²) in [4.78, 5) is 0. The predicted molar refractivity (Wildman–Crippen MR) is 121 cm³/mol. The molecule has 0 spiro atoms. The van der Waals surface area contributed by atoms with E-state index in [1.165, 1.54) is 143 Å². The van der Waals surface area contributed by atoms with Crippen molar-refractivity contribution in [1.29, 1.82) is 0 Å². The molecule has 0 saturated carbocycles. The highest BCUT2D eigenvalue weighted by Crippen LogP contribution is 2.14. The third-order valence-corrected chi connectivity index (χ3v) is 7.61. The molecule has 0 aliphatic carbocycles. The van der Waals surface area contributed by atoms with Crippen LogP contribution in [-0.2, 0) is 0 Å². The molecule has 152 valence electrons. The van der Waals surface area contributed by atoms with Gasteiger partial charge in [0.1, 0.15) is 0 Å². The Balaban J connectivity index is 3.19. The van der Waals surface area contributed by atoms with Gasteiger partial charge in [0.2, 0.25) is 0 Å². The lowest BCUT2D eigenvalue weighted by atomic mass is 10.0. The Labute approximate surface area is 164 Å². The normalized spacial score (nSPS) is 14.0. The Bertz CT molecular complexity index is 256. The zero-order valence-corrected chi connectivity index (χ0v) is 20.6. The molecule has 0 aromatic rings. The standard InChI is InChI=1S/C23H52NSi/c1-4-6-7-8-9-10-11-12-13-14-15-16-17-18-19-20-22-24(3,23-25)21-5-2/h4-23H2,1-3,25H3/q+1. The van der Waals surface area contributed by atoms with Gasteiger partial charge in [0.25, 0.3) is 0 Å². The highest BCUT2D eigenvalue weighted by molar-refractivity contribution is 6.08. The van der Waals surface area contributed by atoms with Crippen LogP contribution in [0.5, 0.6) is 0 Å². The molecule has 0 fully saturated rings. The first kappa shape index (κ1) is 25.2. The van der Waals surface area contributed by atoms with Crippen LogP contribution >= 0.6 is 0 Å². The van der Waals surface area contributed by atoms with Gasteiger partial charge in [0.05, 0.1) is 36.5 Å². The van der Waals surface area contributed by atoms with E-state index in [4.69, 9.17) is 0 Å². The van der Waals surface area contributed by atoms with Gasteiger partial charge in [0, 0.05) is 0 Å². The van der Waals surface area contributed by atoms with Crippen LogP contribution in [-0.4, -0.2) is 41.0 Å². The third-order valence-electron chi connectivity index (χ3n) is 6.08. The molecule has 0 amide bonds. The third kappa shape index (κ3) is 17.4. The Kier molecular flexibility index (Phi) is 19.1. The van der Waals surface area contributed by atoms with E-state index in [1.54, 1.807) is 0 Å². The highest BCUT2D eigenvalue weighted by atomic mass is 28.1. The number of rotatable bonds is 20. The van der Waals surface area contributed by atoms with Crippen LogP contribution in [0.15, 0.2) is 0 Å². The van der Waals surface area contributed by atoms with E-state index in [9.17, 15) is 0 Å². The van der Waals surface area contributed by atoms with Crippen molar-refractivity contribution in [1.82, 2.24) is 0 Å². The van der Waals surface area contributed by atoms with Crippen LogP contribution in [0.1, 0.15) is 123 Å². The number of hydrogen-bond acceptors (Lipinski definition) is 0. The average molecular weight is 371 g/mol. The molecule has 0 aromatic carbocycles. The largest absolute Gasteiger partial charge is 0.330 e. The van der Waals surface area contributed by atoms with Gasteiger partial charge in [-0.3, -0.25) is 0 Å². The van der Waals surface area contributed by atoms with E-state index in [0.717, 1.165) is 0 Å². The topological polar surface area (TPSA) is 0 Å². The lowest BCUT2D eigenvalue weighted by molar-refractivity contribution is -0.899. The molecule has 0 aliphatic heterocycles. The lowest BCUT2D eigenvalue weighted by Crippen LogP contribution is -2.46. The molecule has 0 N–H and O–H groups in total. The summed E-state index contributed by atoms with van der Waals surface area (Å²) in [6.45, 7) is 7.45. The van der Waals surface area contributed by atoms with Crippen LogP contribution in [0, 0.1) is 0 Å². The van der Waals surface area contributed by atoms with E-state index in [2.05, 4.69) is 20.9 Å². The van der Waals surface area contributed by atoms with Crippen LogP contribution in [0.25, 0.3) is 0 Å². The molecule has 1 nitrogen and oxygen atoms in total. The molecule has 1 unspecified atom stereocenters. The summed E-state index contributed by atoms with van der Waals surface area (Å²) in [5, 5.41) is 0. The Morgan fingerprint density at radius 3 is 1.16 bits per heavy atom. The van der Waals surface area contributed by atoms with Crippen LogP contribution < -0.4 is 0 Å². The molecular weight excluding hydrogens is 318 g/mol. The van der Waals surface area contributed by atoms with Crippen molar-refractivity contribution in [3.05, 3.63) is 0 Å². The van der Waals surface area contributed by atoms with Gasteiger partial charge < -0.3 is 4.48 Å². The number of unbranched alkanes of at least 4 members (excludes halogenated alkanes) is 15. The fourth-order valence-corrected chi connectivity index (χ4v) is 4.64. The van der Waals surface area contributed by atoms with Gasteiger partial charge in [-0.2, -0.15) is 0 Å². The molecule has 25 heavy (non-hydrogen) atoms. The SMILES string of the molecule is CCCCCCCCCCCCCCCCCC[N+](C)(C[SiH3])CCC. The summed E-state index contributed by atoms with van der Waals surface area (Å²) >= 11 is 0. The maximum absolute atomic E-state index is 2.47. The number of nitrogens with zero attached hydrogens (tertiary/aromatic N) is 1. The lowest BCUT2D eigenvalue weighted by Gasteiger charge is -2.33. The first-order valence-corrected chi connectivity index (χ1v) is 13.4. The molecule has 0 rings (SSSR count). The van der Waals surface area contributed by atoms with E-state index < -0.39 is 0 Å². The minimum atomic E-state index is 1.34. The van der Waals surface area contributed by atoms with Crippen molar-refractivity contribution >= 4 is 10.2 Å². The van der Waals surface area contributed by atoms with Crippen molar-refractivity contribution in [3.8, 4) is 0 Å². The van der Waals surface area contributed by atoms with Gasteiger partial charge >= 0.3 is 0 Å². The van der Waals surface area contributed by atoms with Gasteiger partial charge in [-0.05, 0) is 19.3 Å². The summed E-state index contributed by atoms with van der Waals surface area (Å²) in [5.41, 5.74) is 0. The summed E-state index contributed by atoms with van der Waals surface area (Å²) in [6.07, 6.45) is 26.3. The Hall–Kier alpha value is 0.177. The van der Waals surface area contributed by atoms with Crippen molar-refractivity contribution in [2.45, 2.75) is 123 Å². The van der Waals surface area contributed by atoms with Crippen molar-refractivity contribution in [2.75, 3.05) is 26.3 Å². The van der Waals surface area contributed by atoms with Crippen molar-refractivity contribution < 1.29 is 4.48 Å². The zero-order chi connectivity index (χ0) is 18.6.